The molecule has 2 rings (SSSR count). The molecule has 0 aliphatic rings. The van der Waals surface area contributed by atoms with Crippen LogP contribution in [0.25, 0.3) is 10.9 Å². The minimum Gasteiger partial charge on any atom is -0.465 e. The Morgan fingerprint density at radius 3 is 3.05 bits per heavy atom. The van der Waals surface area contributed by atoms with E-state index >= 15 is 0 Å². The third-order valence-electron chi connectivity index (χ3n) is 2.85. The van der Waals surface area contributed by atoms with E-state index in [1.807, 2.05) is 11.6 Å². The molecule has 1 atom stereocenters. The van der Waals surface area contributed by atoms with Gasteiger partial charge in [0.2, 0.25) is 0 Å². The molecule has 0 saturated heterocycles. The van der Waals surface area contributed by atoms with Crippen LogP contribution in [0.2, 0.25) is 0 Å². The third-order valence-corrected chi connectivity index (χ3v) is 4.20. The van der Waals surface area contributed by atoms with E-state index in [0.29, 0.717) is 23.4 Å². The Bertz CT molecular complexity index is 660. The first-order chi connectivity index (χ1) is 9.40. The lowest BCUT2D eigenvalue weighted by atomic mass is 10.2. The van der Waals surface area contributed by atoms with Crippen molar-refractivity contribution in [3.8, 4) is 0 Å². The van der Waals surface area contributed by atoms with E-state index < -0.39 is 6.09 Å². The number of nitrogens with zero attached hydrogens (tertiary/aromatic N) is 3. The van der Waals surface area contributed by atoms with Crippen molar-refractivity contribution < 1.29 is 9.90 Å². The van der Waals surface area contributed by atoms with Crippen molar-refractivity contribution in [3.63, 3.8) is 0 Å². The minimum absolute atomic E-state index is 0.151. The summed E-state index contributed by atoms with van der Waals surface area (Å²) in [6, 6.07) is -0.151. The molecule has 0 bridgehead atoms. The number of fused-ring (bicyclic) bond motifs is 1. The molecule has 7 nitrogen and oxygen atoms in total. The number of pyridine rings is 1. The number of amides is 1. The fraction of sp³-hybridized carbons (Fsp3) is 0.364. The van der Waals surface area contributed by atoms with Crippen molar-refractivity contribution in [2.75, 3.05) is 5.73 Å². The lowest BCUT2D eigenvalue weighted by Crippen LogP contribution is -2.31. The highest BCUT2D eigenvalue weighted by molar-refractivity contribution is 14.1. The summed E-state index contributed by atoms with van der Waals surface area (Å²) in [6.45, 7) is 2.40. The standard InChI is InChI=1S/C11H13BrIN5O2/c1-5(16-11(19)20)2-3-18-8-6(13)4-15-10(14)7(8)9(12)17-18/h4-5,16H,2-3H2,1H3,(H2,14,15)(H,19,20). The highest BCUT2D eigenvalue weighted by atomic mass is 127. The van der Waals surface area contributed by atoms with Crippen molar-refractivity contribution in [3.05, 3.63) is 14.4 Å². The van der Waals surface area contributed by atoms with Crippen LogP contribution >= 0.6 is 38.5 Å². The summed E-state index contributed by atoms with van der Waals surface area (Å²) in [4.78, 5) is 14.7. The highest BCUT2D eigenvalue weighted by Gasteiger charge is 2.16. The number of aromatic nitrogens is 3. The topological polar surface area (TPSA) is 106 Å². The number of carbonyl (C=O) groups is 1. The maximum absolute atomic E-state index is 10.6. The summed E-state index contributed by atoms with van der Waals surface area (Å²) in [5.74, 6) is 0.426. The van der Waals surface area contributed by atoms with Crippen LogP contribution in [0.1, 0.15) is 13.3 Å². The van der Waals surface area contributed by atoms with E-state index in [4.69, 9.17) is 10.8 Å². The number of hydrogen-bond acceptors (Lipinski definition) is 4. The van der Waals surface area contributed by atoms with Crippen molar-refractivity contribution in [1.29, 1.82) is 0 Å². The van der Waals surface area contributed by atoms with E-state index in [2.05, 4.69) is 53.9 Å². The number of carboxylic acid groups (broad SMARTS) is 1. The molecule has 0 saturated carbocycles. The molecule has 0 aromatic carbocycles. The SMILES string of the molecule is CC(CCn1nc(Br)c2c(N)ncc(I)c21)NC(=O)O. The maximum Gasteiger partial charge on any atom is 0.404 e. The van der Waals surface area contributed by atoms with Crippen LogP contribution < -0.4 is 11.1 Å². The number of aryl methyl sites for hydroxylation is 1. The molecular weight excluding hydrogens is 441 g/mol. The minimum atomic E-state index is -1.02. The van der Waals surface area contributed by atoms with Crippen LogP contribution in [0.3, 0.4) is 0 Å². The van der Waals surface area contributed by atoms with E-state index in [1.54, 1.807) is 6.20 Å². The van der Waals surface area contributed by atoms with Crippen molar-refractivity contribution in [2.24, 2.45) is 0 Å². The monoisotopic (exact) mass is 453 g/mol. The Kier molecular flexibility index (Phi) is 4.68. The second-order valence-electron chi connectivity index (χ2n) is 4.37. The third kappa shape index (κ3) is 3.14. The Balaban J connectivity index is 2.27. The fourth-order valence-corrected chi connectivity index (χ4v) is 3.18. The molecular formula is C11H13BrIN5O2. The van der Waals surface area contributed by atoms with Gasteiger partial charge in [-0.1, -0.05) is 0 Å². The molecule has 2 heterocycles. The number of nitrogens with two attached hydrogens (primary N) is 1. The Morgan fingerprint density at radius 2 is 2.40 bits per heavy atom. The first-order valence-corrected chi connectivity index (χ1v) is 7.72. The van der Waals surface area contributed by atoms with Gasteiger partial charge in [0.25, 0.3) is 0 Å². The smallest absolute Gasteiger partial charge is 0.404 e. The molecule has 2 aromatic rings. The highest BCUT2D eigenvalue weighted by Crippen LogP contribution is 2.30. The zero-order valence-corrected chi connectivity index (χ0v) is 14.3. The predicted molar refractivity (Wildman–Crippen MR) is 87.6 cm³/mol. The summed E-state index contributed by atoms with van der Waals surface area (Å²) in [5, 5.41) is 16.3. The van der Waals surface area contributed by atoms with Gasteiger partial charge in [0, 0.05) is 18.8 Å². The van der Waals surface area contributed by atoms with Gasteiger partial charge in [-0.05, 0) is 51.9 Å². The van der Waals surface area contributed by atoms with E-state index in [9.17, 15) is 4.79 Å². The fourth-order valence-electron chi connectivity index (χ4n) is 1.92. The van der Waals surface area contributed by atoms with Gasteiger partial charge in [0.1, 0.15) is 10.4 Å². The normalized spacial score (nSPS) is 12.6. The van der Waals surface area contributed by atoms with E-state index in [-0.39, 0.29) is 6.04 Å². The number of rotatable bonds is 4. The molecule has 0 spiro atoms. The summed E-state index contributed by atoms with van der Waals surface area (Å²) in [5.41, 5.74) is 6.78. The van der Waals surface area contributed by atoms with Crippen LogP contribution in [0.5, 0.6) is 0 Å². The quantitative estimate of drug-likeness (QED) is 0.616. The largest absolute Gasteiger partial charge is 0.465 e. The molecule has 9 heteroatoms. The van der Waals surface area contributed by atoms with Crippen molar-refractivity contribution >= 4 is 61.3 Å². The first-order valence-electron chi connectivity index (χ1n) is 5.85. The van der Waals surface area contributed by atoms with Crippen LogP contribution in [0, 0.1) is 3.57 Å². The second kappa shape index (κ2) is 6.12. The van der Waals surface area contributed by atoms with Gasteiger partial charge >= 0.3 is 6.09 Å². The second-order valence-corrected chi connectivity index (χ2v) is 6.28. The number of anilines is 1. The molecule has 0 aliphatic heterocycles. The number of hydrogen-bond donors (Lipinski definition) is 3. The summed E-state index contributed by atoms with van der Waals surface area (Å²) in [7, 11) is 0. The molecule has 1 amide bonds. The van der Waals surface area contributed by atoms with Crippen LogP contribution in [-0.2, 0) is 6.54 Å². The van der Waals surface area contributed by atoms with Crippen LogP contribution in [0.4, 0.5) is 10.6 Å². The number of nitrogens with one attached hydrogen (secondary N) is 1. The maximum atomic E-state index is 10.6. The number of halogens is 2. The average molecular weight is 454 g/mol. The molecule has 1 unspecified atom stereocenters. The van der Waals surface area contributed by atoms with Crippen LogP contribution in [-0.4, -0.2) is 32.0 Å². The van der Waals surface area contributed by atoms with Gasteiger partial charge in [-0.2, -0.15) is 5.10 Å². The molecule has 0 fully saturated rings. The molecule has 4 N–H and O–H groups in total. The zero-order valence-electron chi connectivity index (χ0n) is 10.6. The van der Waals surface area contributed by atoms with Gasteiger partial charge in [0.15, 0.2) is 0 Å². The van der Waals surface area contributed by atoms with Gasteiger partial charge < -0.3 is 16.2 Å². The molecule has 0 aliphatic carbocycles. The molecule has 20 heavy (non-hydrogen) atoms. The average Bonchev–Trinajstić information content (AvgIpc) is 2.69. The lowest BCUT2D eigenvalue weighted by molar-refractivity contribution is 0.189. The van der Waals surface area contributed by atoms with E-state index in [0.717, 1.165) is 14.5 Å². The van der Waals surface area contributed by atoms with Crippen LogP contribution in [0.15, 0.2) is 10.8 Å². The van der Waals surface area contributed by atoms with Gasteiger partial charge in [-0.25, -0.2) is 9.78 Å². The summed E-state index contributed by atoms with van der Waals surface area (Å²) in [6.07, 6.45) is 1.31. The van der Waals surface area contributed by atoms with Gasteiger partial charge in [-0.3, -0.25) is 4.68 Å². The Labute approximate surface area is 137 Å². The first kappa shape index (κ1) is 15.3. The zero-order chi connectivity index (χ0) is 14.9. The van der Waals surface area contributed by atoms with Gasteiger partial charge in [-0.15, -0.1) is 0 Å². The van der Waals surface area contributed by atoms with Crippen molar-refractivity contribution in [1.82, 2.24) is 20.1 Å². The summed E-state index contributed by atoms with van der Waals surface area (Å²) >= 11 is 5.57. The van der Waals surface area contributed by atoms with Gasteiger partial charge in [0.05, 0.1) is 14.5 Å². The number of nitrogen functional groups attached to an aromatic ring is 1. The molecule has 0 radical (unpaired) electrons. The Hall–Kier alpha value is -1.10. The summed E-state index contributed by atoms with van der Waals surface area (Å²) < 4.78 is 3.41. The molecule has 108 valence electrons. The lowest BCUT2D eigenvalue weighted by Gasteiger charge is -2.11. The van der Waals surface area contributed by atoms with Crippen molar-refractivity contribution in [2.45, 2.75) is 25.9 Å². The van der Waals surface area contributed by atoms with E-state index in [1.165, 1.54) is 0 Å². The predicted octanol–water partition coefficient (Wildman–Crippen LogP) is 2.43. The molecule has 2 aromatic heterocycles. The Morgan fingerprint density at radius 1 is 1.70 bits per heavy atom.